The maximum Gasteiger partial charge on any atom is 0.137 e. The molecular formula is C45H37NO. The zero-order chi connectivity index (χ0) is 32.1. The fourth-order valence-corrected chi connectivity index (χ4v) is 6.94. The van der Waals surface area contributed by atoms with Crippen molar-refractivity contribution in [3.05, 3.63) is 185 Å². The van der Waals surface area contributed by atoms with E-state index in [1.54, 1.807) is 0 Å². The van der Waals surface area contributed by atoms with Crippen molar-refractivity contribution in [2.24, 2.45) is 0 Å². The molecule has 0 unspecified atom stereocenters. The second-order valence-electron chi connectivity index (χ2n) is 12.9. The third-order valence-corrected chi connectivity index (χ3v) is 9.47. The number of benzene rings is 7. The lowest BCUT2D eigenvalue weighted by molar-refractivity contribution is 0.668. The van der Waals surface area contributed by atoms with Crippen molar-refractivity contribution in [1.82, 2.24) is 0 Å². The third-order valence-electron chi connectivity index (χ3n) is 9.47. The van der Waals surface area contributed by atoms with Crippen LogP contribution in [0.25, 0.3) is 32.7 Å². The highest BCUT2D eigenvalue weighted by Crippen LogP contribution is 2.44. The number of rotatable bonds is 6. The highest BCUT2D eigenvalue weighted by Gasteiger charge is 2.23. The average molecular weight is 608 g/mol. The molecule has 0 amide bonds. The Morgan fingerprint density at radius 1 is 0.426 bits per heavy atom. The van der Waals surface area contributed by atoms with Gasteiger partial charge in [-0.3, -0.25) is 0 Å². The molecule has 0 saturated carbocycles. The summed E-state index contributed by atoms with van der Waals surface area (Å²) in [6, 6.07) is 53.1. The molecular weight excluding hydrogens is 571 g/mol. The van der Waals surface area contributed by atoms with Gasteiger partial charge in [0.15, 0.2) is 0 Å². The van der Waals surface area contributed by atoms with Crippen molar-refractivity contribution in [3.63, 3.8) is 0 Å². The van der Waals surface area contributed by atoms with Crippen LogP contribution >= 0.6 is 0 Å². The summed E-state index contributed by atoms with van der Waals surface area (Å²) < 4.78 is 6.84. The predicted octanol–water partition coefficient (Wildman–Crippen LogP) is 12.6. The number of aryl methyl sites for hydroxylation is 4. The number of anilines is 3. The number of hydrogen-bond acceptors (Lipinski definition) is 2. The lowest BCUT2D eigenvalue weighted by atomic mass is 9.81. The topological polar surface area (TPSA) is 16.4 Å². The Morgan fingerprint density at radius 3 is 1.43 bits per heavy atom. The van der Waals surface area contributed by atoms with E-state index in [1.165, 1.54) is 49.7 Å². The Morgan fingerprint density at radius 2 is 0.894 bits per heavy atom. The summed E-state index contributed by atoms with van der Waals surface area (Å²) in [4.78, 5) is 2.31. The molecule has 7 aromatic carbocycles. The molecule has 0 aliphatic carbocycles. The van der Waals surface area contributed by atoms with Crippen LogP contribution in [-0.2, 0) is 0 Å². The van der Waals surface area contributed by atoms with Crippen molar-refractivity contribution in [3.8, 4) is 0 Å². The summed E-state index contributed by atoms with van der Waals surface area (Å²) in [5.74, 6) is 0.0628. The van der Waals surface area contributed by atoms with Crippen LogP contribution in [0.1, 0.15) is 44.9 Å². The highest BCUT2D eigenvalue weighted by atomic mass is 16.3. The fourth-order valence-electron chi connectivity index (χ4n) is 6.94. The van der Waals surface area contributed by atoms with E-state index < -0.39 is 0 Å². The summed E-state index contributed by atoms with van der Waals surface area (Å²) in [6.45, 7) is 8.55. The molecule has 0 N–H and O–H groups in total. The minimum Gasteiger partial charge on any atom is -0.456 e. The molecule has 0 aliphatic rings. The largest absolute Gasteiger partial charge is 0.456 e. The van der Waals surface area contributed by atoms with Gasteiger partial charge in [-0.2, -0.15) is 0 Å². The smallest absolute Gasteiger partial charge is 0.137 e. The lowest BCUT2D eigenvalue weighted by Gasteiger charge is -2.25. The van der Waals surface area contributed by atoms with Crippen LogP contribution in [0.15, 0.2) is 150 Å². The van der Waals surface area contributed by atoms with Crippen LogP contribution < -0.4 is 4.90 Å². The molecule has 0 bridgehead atoms. The zero-order valence-electron chi connectivity index (χ0n) is 27.3. The van der Waals surface area contributed by atoms with Gasteiger partial charge in [-0.1, -0.05) is 119 Å². The Bertz CT molecular complexity index is 2270. The molecule has 2 heteroatoms. The van der Waals surface area contributed by atoms with Gasteiger partial charge in [-0.25, -0.2) is 0 Å². The van der Waals surface area contributed by atoms with E-state index in [4.69, 9.17) is 4.42 Å². The van der Waals surface area contributed by atoms with Gasteiger partial charge in [-0.05, 0) is 97.6 Å². The van der Waals surface area contributed by atoms with Crippen LogP contribution in [0.3, 0.4) is 0 Å². The van der Waals surface area contributed by atoms with Crippen molar-refractivity contribution in [2.75, 3.05) is 4.90 Å². The summed E-state index contributed by atoms with van der Waals surface area (Å²) in [7, 11) is 0. The van der Waals surface area contributed by atoms with Crippen molar-refractivity contribution in [1.29, 1.82) is 0 Å². The van der Waals surface area contributed by atoms with E-state index in [9.17, 15) is 0 Å². The number of furan rings is 1. The summed E-state index contributed by atoms with van der Waals surface area (Å²) >= 11 is 0. The maximum absolute atomic E-state index is 6.84. The van der Waals surface area contributed by atoms with Gasteiger partial charge in [0.05, 0.1) is 0 Å². The molecule has 8 rings (SSSR count). The molecule has 47 heavy (non-hydrogen) atoms. The van der Waals surface area contributed by atoms with Crippen LogP contribution in [0.2, 0.25) is 0 Å². The second kappa shape index (κ2) is 11.6. The number of fused-ring (bicyclic) bond motifs is 5. The molecule has 0 radical (unpaired) electrons. The Hall–Kier alpha value is -5.60. The molecule has 0 fully saturated rings. The van der Waals surface area contributed by atoms with Crippen LogP contribution in [0.5, 0.6) is 0 Å². The van der Waals surface area contributed by atoms with Gasteiger partial charge in [0.2, 0.25) is 0 Å². The SMILES string of the molecule is Cc1ccc(C(c2ccc(C)cc2)c2cc3oc4cc(N(c5ccc(C)cc5)c5ccc(C)cc5)ccc4c3c3ccccc23)cc1. The van der Waals surface area contributed by atoms with Crippen LogP contribution in [0, 0.1) is 27.7 Å². The van der Waals surface area contributed by atoms with E-state index in [2.05, 4.69) is 178 Å². The van der Waals surface area contributed by atoms with Crippen molar-refractivity contribution in [2.45, 2.75) is 33.6 Å². The first-order valence-electron chi connectivity index (χ1n) is 16.4. The van der Waals surface area contributed by atoms with Gasteiger partial charge < -0.3 is 9.32 Å². The van der Waals surface area contributed by atoms with E-state index in [-0.39, 0.29) is 5.92 Å². The normalized spacial score (nSPS) is 11.6. The minimum absolute atomic E-state index is 0.0628. The lowest BCUT2D eigenvalue weighted by Crippen LogP contribution is -2.09. The Kier molecular flexibility index (Phi) is 7.14. The van der Waals surface area contributed by atoms with Gasteiger partial charge in [0.25, 0.3) is 0 Å². The summed E-state index contributed by atoms with van der Waals surface area (Å²) in [6.07, 6.45) is 0. The van der Waals surface area contributed by atoms with Crippen LogP contribution in [0.4, 0.5) is 17.1 Å². The molecule has 0 atom stereocenters. The molecule has 1 aromatic heterocycles. The van der Waals surface area contributed by atoms with Crippen LogP contribution in [-0.4, -0.2) is 0 Å². The second-order valence-corrected chi connectivity index (χ2v) is 12.9. The predicted molar refractivity (Wildman–Crippen MR) is 199 cm³/mol. The van der Waals surface area contributed by atoms with E-state index >= 15 is 0 Å². The van der Waals surface area contributed by atoms with Gasteiger partial charge in [0, 0.05) is 39.8 Å². The average Bonchev–Trinajstić information content (AvgIpc) is 3.46. The maximum atomic E-state index is 6.84. The highest BCUT2D eigenvalue weighted by molar-refractivity contribution is 6.20. The Balaban J connectivity index is 1.35. The quantitative estimate of drug-likeness (QED) is 0.175. The van der Waals surface area contributed by atoms with Gasteiger partial charge >= 0.3 is 0 Å². The Labute approximate surface area is 276 Å². The molecule has 228 valence electrons. The van der Waals surface area contributed by atoms with E-state index in [0.29, 0.717) is 0 Å². The molecule has 8 aromatic rings. The summed E-state index contributed by atoms with van der Waals surface area (Å²) in [5.41, 5.74) is 13.9. The van der Waals surface area contributed by atoms with Crippen molar-refractivity contribution >= 4 is 49.8 Å². The minimum atomic E-state index is 0.0628. The molecule has 0 spiro atoms. The van der Waals surface area contributed by atoms with Gasteiger partial charge in [0.1, 0.15) is 11.2 Å². The zero-order valence-corrected chi connectivity index (χ0v) is 27.3. The number of nitrogens with zero attached hydrogens (tertiary/aromatic N) is 1. The number of hydrogen-bond donors (Lipinski definition) is 0. The first-order valence-corrected chi connectivity index (χ1v) is 16.4. The fraction of sp³-hybridized carbons (Fsp3) is 0.111. The van der Waals surface area contributed by atoms with Gasteiger partial charge in [-0.15, -0.1) is 0 Å². The van der Waals surface area contributed by atoms with E-state index in [1.807, 2.05) is 0 Å². The molecule has 2 nitrogen and oxygen atoms in total. The first-order chi connectivity index (χ1) is 22.9. The third kappa shape index (κ3) is 5.26. The van der Waals surface area contributed by atoms with E-state index in [0.717, 1.165) is 39.0 Å². The molecule has 0 aliphatic heterocycles. The molecule has 0 saturated heterocycles. The standard InChI is InChI=1S/C45H37NO/c1-29-9-17-33(18-10-29)44(34-19-11-30(2)12-20-34)41-28-43-45(39-8-6-5-7-38(39)41)40-26-25-37(27-42(40)47-43)46(35-21-13-31(3)14-22-35)36-23-15-32(4)16-24-36/h5-28,44H,1-4H3. The monoisotopic (exact) mass is 607 g/mol. The summed E-state index contributed by atoms with van der Waals surface area (Å²) in [5, 5.41) is 4.75. The first kappa shape index (κ1) is 28.8. The van der Waals surface area contributed by atoms with Crippen molar-refractivity contribution < 1.29 is 4.42 Å². The molecule has 1 heterocycles.